The van der Waals surface area contributed by atoms with E-state index in [9.17, 15) is 14.7 Å². The number of amides is 1. The Morgan fingerprint density at radius 1 is 1.00 bits per heavy atom. The lowest BCUT2D eigenvalue weighted by Crippen LogP contribution is -2.47. The van der Waals surface area contributed by atoms with Crippen LogP contribution in [-0.2, 0) is 32.2 Å². The number of carboxylic acid groups (broad SMARTS) is 1. The third-order valence-electron chi connectivity index (χ3n) is 8.05. The molecule has 1 amide bonds. The molecule has 0 aromatic heterocycles. The SMILES string of the molecule is C=CCN(CC1OC(c2ccc(CNC(=O)CCC(=O)O)cc2)OC(c2ccc(CO)cc2)C1C)C1CCCC1. The van der Waals surface area contributed by atoms with Gasteiger partial charge in [0.25, 0.3) is 0 Å². The molecule has 0 radical (unpaired) electrons. The zero-order valence-corrected chi connectivity index (χ0v) is 23.3. The monoisotopic (exact) mass is 550 g/mol. The zero-order valence-electron chi connectivity index (χ0n) is 23.3. The number of nitrogens with one attached hydrogen (secondary N) is 1. The minimum Gasteiger partial charge on any atom is -0.481 e. The lowest BCUT2D eigenvalue weighted by atomic mass is 9.89. The van der Waals surface area contributed by atoms with Crippen LogP contribution in [0.4, 0.5) is 0 Å². The lowest BCUT2D eigenvalue weighted by Gasteiger charge is -2.43. The van der Waals surface area contributed by atoms with Crippen molar-refractivity contribution in [1.29, 1.82) is 0 Å². The summed E-state index contributed by atoms with van der Waals surface area (Å²) in [7, 11) is 0. The molecule has 2 aliphatic rings. The lowest BCUT2D eigenvalue weighted by molar-refractivity contribution is -0.276. The van der Waals surface area contributed by atoms with Crippen molar-refractivity contribution >= 4 is 11.9 Å². The highest BCUT2D eigenvalue weighted by atomic mass is 16.7. The van der Waals surface area contributed by atoms with Crippen LogP contribution in [0.2, 0.25) is 0 Å². The van der Waals surface area contributed by atoms with E-state index in [1.807, 2.05) is 54.6 Å². The Bertz CT molecular complexity index is 1110. The van der Waals surface area contributed by atoms with Crippen molar-refractivity contribution in [3.63, 3.8) is 0 Å². The van der Waals surface area contributed by atoms with Crippen LogP contribution in [0.15, 0.2) is 61.2 Å². The molecule has 40 heavy (non-hydrogen) atoms. The van der Waals surface area contributed by atoms with Crippen molar-refractivity contribution in [3.8, 4) is 0 Å². The van der Waals surface area contributed by atoms with Gasteiger partial charge < -0.3 is 25.0 Å². The number of hydrogen-bond acceptors (Lipinski definition) is 6. The predicted octanol–water partition coefficient (Wildman–Crippen LogP) is 4.88. The summed E-state index contributed by atoms with van der Waals surface area (Å²) >= 11 is 0. The van der Waals surface area contributed by atoms with E-state index in [1.165, 1.54) is 25.7 Å². The third-order valence-corrected chi connectivity index (χ3v) is 8.05. The van der Waals surface area contributed by atoms with Crippen molar-refractivity contribution in [3.05, 3.63) is 83.4 Å². The summed E-state index contributed by atoms with van der Waals surface area (Å²) < 4.78 is 13.2. The van der Waals surface area contributed by atoms with Crippen LogP contribution in [0.1, 0.15) is 80.1 Å². The van der Waals surface area contributed by atoms with E-state index in [0.29, 0.717) is 12.6 Å². The molecular weight excluding hydrogens is 508 g/mol. The molecule has 1 heterocycles. The highest BCUT2D eigenvalue weighted by Crippen LogP contribution is 2.42. The number of aliphatic carboxylic acids is 1. The summed E-state index contributed by atoms with van der Waals surface area (Å²) in [4.78, 5) is 25.1. The van der Waals surface area contributed by atoms with Gasteiger partial charge >= 0.3 is 5.97 Å². The Balaban J connectivity index is 1.50. The Morgan fingerprint density at radius 2 is 1.65 bits per heavy atom. The fourth-order valence-corrected chi connectivity index (χ4v) is 5.67. The molecule has 1 aliphatic carbocycles. The number of aliphatic hydroxyl groups excluding tert-OH is 1. The second-order valence-electron chi connectivity index (χ2n) is 10.9. The van der Waals surface area contributed by atoms with Gasteiger partial charge in [0.2, 0.25) is 5.91 Å². The average Bonchev–Trinajstić information content (AvgIpc) is 3.51. The van der Waals surface area contributed by atoms with Crippen LogP contribution in [0.5, 0.6) is 0 Å². The predicted molar refractivity (Wildman–Crippen MR) is 152 cm³/mol. The topological polar surface area (TPSA) is 108 Å². The summed E-state index contributed by atoms with van der Waals surface area (Å²) in [6.07, 6.45) is 5.88. The number of aliphatic hydroxyl groups is 1. The van der Waals surface area contributed by atoms with Crippen molar-refractivity contribution in [2.24, 2.45) is 5.92 Å². The number of benzene rings is 2. The molecule has 8 heteroatoms. The Morgan fingerprint density at radius 3 is 2.27 bits per heavy atom. The molecule has 4 unspecified atom stereocenters. The molecule has 2 aromatic rings. The van der Waals surface area contributed by atoms with Gasteiger partial charge in [-0.2, -0.15) is 0 Å². The van der Waals surface area contributed by atoms with Crippen LogP contribution in [0.25, 0.3) is 0 Å². The Labute approximate surface area is 237 Å². The van der Waals surface area contributed by atoms with Crippen LogP contribution in [-0.4, -0.2) is 52.2 Å². The van der Waals surface area contributed by atoms with Gasteiger partial charge in [-0.05, 0) is 29.5 Å². The molecule has 0 spiro atoms. The zero-order chi connectivity index (χ0) is 28.5. The maximum absolute atomic E-state index is 11.9. The van der Waals surface area contributed by atoms with Crippen LogP contribution >= 0.6 is 0 Å². The molecule has 216 valence electrons. The van der Waals surface area contributed by atoms with Gasteiger partial charge in [0.15, 0.2) is 6.29 Å². The van der Waals surface area contributed by atoms with Crippen LogP contribution in [0.3, 0.4) is 0 Å². The molecule has 2 aromatic carbocycles. The number of ether oxygens (including phenoxy) is 2. The van der Waals surface area contributed by atoms with Gasteiger partial charge in [-0.15, -0.1) is 6.58 Å². The standard InChI is InChI=1S/C32H42N2O6/c1-3-18-34(27-6-4-5-7-27)20-28-22(2)31(25-12-10-24(21-35)11-13-25)40-32(39-28)26-14-8-23(9-15-26)19-33-29(36)16-17-30(37)38/h3,8-15,22,27-28,31-32,35H,1,4-7,16-21H2,2H3,(H,33,36)(H,37,38). The molecular formula is C32H42N2O6. The molecule has 1 saturated carbocycles. The van der Waals surface area contributed by atoms with Crippen molar-refractivity contribution in [2.45, 2.75) is 83.1 Å². The molecule has 2 fully saturated rings. The van der Waals surface area contributed by atoms with Gasteiger partial charge in [0.05, 0.1) is 25.2 Å². The van der Waals surface area contributed by atoms with Crippen molar-refractivity contribution < 1.29 is 29.3 Å². The first kappa shape index (κ1) is 29.9. The summed E-state index contributed by atoms with van der Waals surface area (Å²) in [5.41, 5.74) is 3.72. The summed E-state index contributed by atoms with van der Waals surface area (Å²) in [6.45, 7) is 8.12. The molecule has 4 atom stereocenters. The van der Waals surface area contributed by atoms with E-state index < -0.39 is 12.3 Å². The summed E-state index contributed by atoms with van der Waals surface area (Å²) in [5, 5.41) is 21.0. The maximum atomic E-state index is 11.9. The summed E-state index contributed by atoms with van der Waals surface area (Å²) in [5.74, 6) is -1.17. The van der Waals surface area contributed by atoms with Crippen LogP contribution < -0.4 is 5.32 Å². The molecule has 1 saturated heterocycles. The smallest absolute Gasteiger partial charge is 0.303 e. The van der Waals surface area contributed by atoms with Crippen molar-refractivity contribution in [2.75, 3.05) is 13.1 Å². The van der Waals surface area contributed by atoms with Crippen LogP contribution in [0, 0.1) is 5.92 Å². The third kappa shape index (κ3) is 8.01. The van der Waals surface area contributed by atoms with Crippen molar-refractivity contribution in [1.82, 2.24) is 10.2 Å². The highest BCUT2D eigenvalue weighted by Gasteiger charge is 2.40. The molecule has 1 aliphatic heterocycles. The molecule has 3 N–H and O–H groups in total. The first-order valence-corrected chi connectivity index (χ1v) is 14.3. The largest absolute Gasteiger partial charge is 0.481 e. The van der Waals surface area contributed by atoms with E-state index >= 15 is 0 Å². The average molecular weight is 551 g/mol. The molecule has 8 nitrogen and oxygen atoms in total. The van der Waals surface area contributed by atoms with E-state index in [1.54, 1.807) is 0 Å². The number of carboxylic acids is 1. The van der Waals surface area contributed by atoms with Gasteiger partial charge in [0.1, 0.15) is 0 Å². The van der Waals surface area contributed by atoms with E-state index in [0.717, 1.165) is 35.3 Å². The Hall–Kier alpha value is -3.04. The van der Waals surface area contributed by atoms with Gasteiger partial charge in [-0.3, -0.25) is 14.5 Å². The van der Waals surface area contributed by atoms with Gasteiger partial charge in [-0.1, -0.05) is 74.4 Å². The highest BCUT2D eigenvalue weighted by molar-refractivity contribution is 5.80. The molecule has 0 bridgehead atoms. The van der Waals surface area contributed by atoms with Gasteiger partial charge in [-0.25, -0.2) is 0 Å². The molecule has 4 rings (SSSR count). The fourth-order valence-electron chi connectivity index (χ4n) is 5.67. The Kier molecular flexibility index (Phi) is 10.9. The van der Waals surface area contributed by atoms with E-state index in [2.05, 4.69) is 23.7 Å². The quantitative estimate of drug-likeness (QED) is 0.305. The second-order valence-corrected chi connectivity index (χ2v) is 10.9. The van der Waals surface area contributed by atoms with Gasteiger partial charge in [0, 0.05) is 43.6 Å². The fraction of sp³-hybridized carbons (Fsp3) is 0.500. The number of carbonyl (C=O) groups is 2. The van der Waals surface area contributed by atoms with E-state index in [-0.39, 0.29) is 43.5 Å². The maximum Gasteiger partial charge on any atom is 0.303 e. The number of rotatable bonds is 13. The van der Waals surface area contributed by atoms with E-state index in [4.69, 9.17) is 14.6 Å². The first-order valence-electron chi connectivity index (χ1n) is 14.3. The normalized spacial score (nSPS) is 23.3. The number of hydrogen-bond donors (Lipinski definition) is 3. The minimum absolute atomic E-state index is 0.0000177. The number of carbonyl (C=O) groups excluding carboxylic acids is 1. The summed E-state index contributed by atoms with van der Waals surface area (Å²) in [6, 6.07) is 16.3. The second kappa shape index (κ2) is 14.6. The first-order chi connectivity index (χ1) is 19.4. The number of nitrogens with zero attached hydrogens (tertiary/aromatic N) is 1. The minimum atomic E-state index is -0.988.